The molecule has 0 radical (unpaired) electrons. The van der Waals surface area contributed by atoms with Crippen LogP contribution in [0.15, 0.2) is 36.7 Å². The second-order valence-electron chi connectivity index (χ2n) is 9.49. The topological polar surface area (TPSA) is 109 Å². The highest BCUT2D eigenvalue weighted by Crippen LogP contribution is 2.42. The molecule has 2 aliphatic rings. The summed E-state index contributed by atoms with van der Waals surface area (Å²) < 4.78 is 75.7. The number of alkyl halides is 6. The molecule has 2 aromatic heterocycles. The summed E-state index contributed by atoms with van der Waals surface area (Å²) in [6, 6.07) is 8.54. The van der Waals surface area contributed by atoms with E-state index in [1.54, 1.807) is 0 Å². The summed E-state index contributed by atoms with van der Waals surface area (Å²) in [6.45, 7) is 7.98. The summed E-state index contributed by atoms with van der Waals surface area (Å²) in [7, 11) is 0. The van der Waals surface area contributed by atoms with E-state index in [-0.39, 0.29) is 5.60 Å². The Kier molecular flexibility index (Phi) is 13.0. The van der Waals surface area contributed by atoms with Gasteiger partial charge in [0.1, 0.15) is 0 Å². The van der Waals surface area contributed by atoms with Gasteiger partial charge >= 0.3 is 24.3 Å². The number of aromatic nitrogens is 1. The summed E-state index contributed by atoms with van der Waals surface area (Å²) in [5, 5.41) is 14.2. The van der Waals surface area contributed by atoms with Gasteiger partial charge < -0.3 is 19.7 Å². The molecular formula is C26H32F6N2O6S. The summed E-state index contributed by atoms with van der Waals surface area (Å²) in [4.78, 5) is 27.3. The number of hydrogen-bond acceptors (Lipinski definition) is 7. The third-order valence-electron chi connectivity index (χ3n) is 6.59. The predicted octanol–water partition coefficient (Wildman–Crippen LogP) is 5.70. The van der Waals surface area contributed by atoms with E-state index in [2.05, 4.69) is 28.9 Å². The first-order chi connectivity index (χ1) is 19.1. The molecule has 15 heteroatoms. The number of ether oxygens (including phenoxy) is 2. The number of carbonyl (C=O) groups is 2. The Bertz CT molecular complexity index is 1060. The maximum atomic E-state index is 10.6. The largest absolute Gasteiger partial charge is 0.490 e. The molecule has 1 spiro atoms. The van der Waals surface area contributed by atoms with Gasteiger partial charge in [0.2, 0.25) is 0 Å². The Balaban J connectivity index is 0.000000349. The quantitative estimate of drug-likeness (QED) is 0.302. The van der Waals surface area contributed by atoms with Crippen LogP contribution in [0.1, 0.15) is 41.0 Å². The summed E-state index contributed by atoms with van der Waals surface area (Å²) in [5.74, 6) is -4.87. The number of aryl methyl sites for hydroxylation is 1. The van der Waals surface area contributed by atoms with Crippen molar-refractivity contribution in [2.45, 2.75) is 63.7 Å². The van der Waals surface area contributed by atoms with Crippen molar-refractivity contribution in [3.05, 3.63) is 52.0 Å². The number of aliphatic carboxylic acids is 2. The van der Waals surface area contributed by atoms with Crippen LogP contribution in [-0.2, 0) is 32.2 Å². The van der Waals surface area contributed by atoms with Crippen LogP contribution >= 0.6 is 11.3 Å². The van der Waals surface area contributed by atoms with Crippen LogP contribution in [0.2, 0.25) is 0 Å². The van der Waals surface area contributed by atoms with Crippen molar-refractivity contribution in [3.63, 3.8) is 0 Å². The Hall–Kier alpha value is -2.75. The lowest BCUT2D eigenvalue weighted by Gasteiger charge is -2.42. The number of likely N-dealkylation sites (tertiary alicyclic amines) is 1. The average molecular weight is 615 g/mol. The SMILES string of the molecule is Cc1ccc(CN2CCC3(CC2)OCCC3CCOCc2ccncc2)s1.O=C(O)C(F)(F)F.O=C(O)C(F)(F)F. The van der Waals surface area contributed by atoms with Gasteiger partial charge in [-0.25, -0.2) is 9.59 Å². The zero-order chi connectivity index (χ0) is 30.7. The molecule has 2 N–H and O–H groups in total. The highest BCUT2D eigenvalue weighted by Gasteiger charge is 2.45. The lowest BCUT2D eigenvalue weighted by Crippen LogP contribution is -2.47. The molecule has 230 valence electrons. The van der Waals surface area contributed by atoms with Crippen LogP contribution in [0.5, 0.6) is 0 Å². The first kappa shape index (κ1) is 34.5. The van der Waals surface area contributed by atoms with Gasteiger partial charge in [0.15, 0.2) is 0 Å². The van der Waals surface area contributed by atoms with Gasteiger partial charge in [-0.3, -0.25) is 9.88 Å². The number of carboxylic acid groups (broad SMARTS) is 2. The maximum absolute atomic E-state index is 10.6. The molecule has 4 heterocycles. The van der Waals surface area contributed by atoms with E-state index in [1.807, 2.05) is 35.9 Å². The summed E-state index contributed by atoms with van der Waals surface area (Å²) in [6.07, 6.45) is -1.91. The van der Waals surface area contributed by atoms with Crippen LogP contribution in [0.4, 0.5) is 26.3 Å². The Labute approximate surface area is 236 Å². The first-order valence-electron chi connectivity index (χ1n) is 12.6. The van der Waals surface area contributed by atoms with Gasteiger partial charge in [-0.1, -0.05) is 0 Å². The fraction of sp³-hybridized carbons (Fsp3) is 0.577. The van der Waals surface area contributed by atoms with Crippen molar-refractivity contribution < 1.29 is 55.6 Å². The molecular weight excluding hydrogens is 582 g/mol. The van der Waals surface area contributed by atoms with Gasteiger partial charge in [0.25, 0.3) is 0 Å². The molecule has 1 atom stereocenters. The Morgan fingerprint density at radius 3 is 2.10 bits per heavy atom. The molecule has 2 fully saturated rings. The van der Waals surface area contributed by atoms with Crippen molar-refractivity contribution in [1.82, 2.24) is 9.88 Å². The zero-order valence-electron chi connectivity index (χ0n) is 22.2. The first-order valence-corrected chi connectivity index (χ1v) is 13.4. The molecule has 0 bridgehead atoms. The molecule has 41 heavy (non-hydrogen) atoms. The van der Waals surface area contributed by atoms with Gasteiger partial charge in [-0.15, -0.1) is 11.3 Å². The second kappa shape index (κ2) is 15.5. The standard InChI is InChI=1S/C22H30N2O2S.2C2HF3O2/c1-18-2-3-21(27-18)16-24-12-8-22(9-13-24)20(7-15-26-22)6-14-25-17-19-4-10-23-11-5-19;2*3-2(4,5)1(6)7/h2-5,10-11,20H,6-9,12-17H2,1H3;2*(H,6,7). The highest BCUT2D eigenvalue weighted by molar-refractivity contribution is 7.11. The second-order valence-corrected chi connectivity index (χ2v) is 10.9. The number of pyridine rings is 1. The molecule has 2 saturated heterocycles. The van der Waals surface area contributed by atoms with Gasteiger partial charge in [-0.2, -0.15) is 26.3 Å². The number of thiophene rings is 1. The fourth-order valence-electron chi connectivity index (χ4n) is 4.52. The minimum atomic E-state index is -5.08. The molecule has 2 aromatic rings. The van der Waals surface area contributed by atoms with Crippen LogP contribution in [0.25, 0.3) is 0 Å². The number of halogens is 6. The monoisotopic (exact) mass is 614 g/mol. The highest BCUT2D eigenvalue weighted by atomic mass is 32.1. The zero-order valence-corrected chi connectivity index (χ0v) is 23.0. The minimum Gasteiger partial charge on any atom is -0.475 e. The molecule has 0 aromatic carbocycles. The minimum absolute atomic E-state index is 0.0991. The number of piperidine rings is 1. The predicted molar refractivity (Wildman–Crippen MR) is 136 cm³/mol. The Morgan fingerprint density at radius 1 is 1.05 bits per heavy atom. The van der Waals surface area contributed by atoms with E-state index in [0.717, 1.165) is 52.1 Å². The van der Waals surface area contributed by atoms with E-state index < -0.39 is 24.3 Å². The molecule has 2 aliphatic heterocycles. The maximum Gasteiger partial charge on any atom is 0.490 e. The van der Waals surface area contributed by atoms with E-state index in [4.69, 9.17) is 29.3 Å². The van der Waals surface area contributed by atoms with Crippen molar-refractivity contribution in [2.24, 2.45) is 5.92 Å². The van der Waals surface area contributed by atoms with Gasteiger partial charge in [0.05, 0.1) is 12.2 Å². The molecule has 4 rings (SSSR count). The van der Waals surface area contributed by atoms with Crippen molar-refractivity contribution in [2.75, 3.05) is 26.3 Å². The van der Waals surface area contributed by atoms with E-state index in [9.17, 15) is 26.3 Å². The van der Waals surface area contributed by atoms with E-state index >= 15 is 0 Å². The third kappa shape index (κ3) is 11.9. The average Bonchev–Trinajstić information content (AvgIpc) is 3.49. The lowest BCUT2D eigenvalue weighted by molar-refractivity contribution is -0.193. The van der Waals surface area contributed by atoms with E-state index in [1.165, 1.54) is 21.7 Å². The number of carboxylic acids is 2. The molecule has 1 unspecified atom stereocenters. The number of hydrogen-bond donors (Lipinski definition) is 2. The van der Waals surface area contributed by atoms with Gasteiger partial charge in [-0.05, 0) is 68.4 Å². The molecule has 0 aliphatic carbocycles. The van der Waals surface area contributed by atoms with Crippen molar-refractivity contribution in [3.8, 4) is 0 Å². The Morgan fingerprint density at radius 2 is 1.61 bits per heavy atom. The fourth-order valence-corrected chi connectivity index (χ4v) is 5.45. The molecule has 0 saturated carbocycles. The van der Waals surface area contributed by atoms with Crippen molar-refractivity contribution in [1.29, 1.82) is 0 Å². The van der Waals surface area contributed by atoms with Crippen molar-refractivity contribution >= 4 is 23.3 Å². The summed E-state index contributed by atoms with van der Waals surface area (Å²) in [5.41, 5.74) is 1.29. The van der Waals surface area contributed by atoms with Crippen LogP contribution in [-0.4, -0.2) is 76.3 Å². The number of nitrogens with zero attached hydrogens (tertiary/aromatic N) is 2. The van der Waals surface area contributed by atoms with Crippen LogP contribution in [0, 0.1) is 12.8 Å². The number of rotatable bonds is 7. The smallest absolute Gasteiger partial charge is 0.475 e. The van der Waals surface area contributed by atoms with Crippen LogP contribution < -0.4 is 0 Å². The third-order valence-corrected chi connectivity index (χ3v) is 7.58. The van der Waals surface area contributed by atoms with E-state index in [0.29, 0.717) is 12.5 Å². The summed E-state index contributed by atoms with van der Waals surface area (Å²) >= 11 is 1.92. The molecule has 0 amide bonds. The lowest BCUT2D eigenvalue weighted by atomic mass is 9.78. The normalized spacial score (nSPS) is 18.7. The van der Waals surface area contributed by atoms with Gasteiger partial charge in [0, 0.05) is 55.0 Å². The van der Waals surface area contributed by atoms with Crippen LogP contribution in [0.3, 0.4) is 0 Å². The molecule has 8 nitrogen and oxygen atoms in total.